The van der Waals surface area contributed by atoms with Gasteiger partial charge in [-0.05, 0) is 32.0 Å². The molecule has 2 atom stereocenters. The number of anilines is 1. The quantitative estimate of drug-likeness (QED) is 0.857. The maximum Gasteiger partial charge on any atom is 0.322 e. The van der Waals surface area contributed by atoms with E-state index in [4.69, 9.17) is 10.5 Å². The van der Waals surface area contributed by atoms with Gasteiger partial charge < -0.3 is 20.7 Å². The SMILES string of the molecule is C[C@@H]1CN(C(=O)Nc2cccc(C(N)=O)c2)C[C@H](C)O1. The molecule has 1 saturated heterocycles. The van der Waals surface area contributed by atoms with E-state index in [0.717, 1.165) is 0 Å². The third kappa shape index (κ3) is 3.48. The highest BCUT2D eigenvalue weighted by molar-refractivity contribution is 5.95. The number of hydrogen-bond donors (Lipinski definition) is 2. The van der Waals surface area contributed by atoms with Crippen molar-refractivity contribution in [3.05, 3.63) is 29.8 Å². The summed E-state index contributed by atoms with van der Waals surface area (Å²) in [4.78, 5) is 25.0. The molecule has 0 aromatic heterocycles. The third-order valence-electron chi connectivity index (χ3n) is 3.11. The second kappa shape index (κ2) is 5.92. The molecular weight excluding hydrogens is 258 g/mol. The Bertz CT molecular complexity index is 508. The van der Waals surface area contributed by atoms with Crippen molar-refractivity contribution in [2.24, 2.45) is 5.73 Å². The van der Waals surface area contributed by atoms with Crippen LogP contribution in [0.15, 0.2) is 24.3 Å². The number of urea groups is 1. The largest absolute Gasteiger partial charge is 0.372 e. The summed E-state index contributed by atoms with van der Waals surface area (Å²) in [5.74, 6) is -0.519. The van der Waals surface area contributed by atoms with Crippen LogP contribution in [0.4, 0.5) is 10.5 Å². The molecule has 1 heterocycles. The van der Waals surface area contributed by atoms with E-state index in [9.17, 15) is 9.59 Å². The predicted octanol–water partition coefficient (Wildman–Crippen LogP) is 1.43. The van der Waals surface area contributed by atoms with E-state index in [2.05, 4.69) is 5.32 Å². The highest BCUT2D eigenvalue weighted by Gasteiger charge is 2.25. The fourth-order valence-electron chi connectivity index (χ4n) is 2.30. The number of carbonyl (C=O) groups is 2. The van der Waals surface area contributed by atoms with Crippen molar-refractivity contribution < 1.29 is 14.3 Å². The van der Waals surface area contributed by atoms with Crippen LogP contribution in [-0.2, 0) is 4.74 Å². The Morgan fingerprint density at radius 1 is 1.30 bits per heavy atom. The van der Waals surface area contributed by atoms with E-state index < -0.39 is 5.91 Å². The van der Waals surface area contributed by atoms with Crippen LogP contribution in [0, 0.1) is 0 Å². The number of morpholine rings is 1. The Morgan fingerprint density at radius 2 is 1.95 bits per heavy atom. The lowest BCUT2D eigenvalue weighted by Crippen LogP contribution is -2.49. The number of nitrogens with one attached hydrogen (secondary N) is 1. The van der Waals surface area contributed by atoms with Crippen molar-refractivity contribution in [1.29, 1.82) is 0 Å². The molecule has 0 radical (unpaired) electrons. The van der Waals surface area contributed by atoms with Gasteiger partial charge in [-0.25, -0.2) is 4.79 Å². The number of nitrogens with zero attached hydrogens (tertiary/aromatic N) is 1. The van der Waals surface area contributed by atoms with Crippen LogP contribution >= 0.6 is 0 Å². The molecule has 0 bridgehead atoms. The molecular formula is C14H19N3O3. The minimum Gasteiger partial charge on any atom is -0.372 e. The number of ether oxygens (including phenoxy) is 1. The summed E-state index contributed by atoms with van der Waals surface area (Å²) < 4.78 is 5.58. The van der Waals surface area contributed by atoms with Crippen LogP contribution in [0.1, 0.15) is 24.2 Å². The standard InChI is InChI=1S/C14H19N3O3/c1-9-7-17(8-10(2)20-9)14(19)16-12-5-3-4-11(6-12)13(15)18/h3-6,9-10H,7-8H2,1-2H3,(H2,15,18)(H,16,19)/t9-,10+. The van der Waals surface area contributed by atoms with Gasteiger partial charge in [-0.15, -0.1) is 0 Å². The molecule has 2 rings (SSSR count). The van der Waals surface area contributed by atoms with Gasteiger partial charge in [0.1, 0.15) is 0 Å². The summed E-state index contributed by atoms with van der Waals surface area (Å²) in [7, 11) is 0. The number of benzene rings is 1. The second-order valence-electron chi connectivity index (χ2n) is 5.04. The van der Waals surface area contributed by atoms with E-state index in [1.165, 1.54) is 0 Å². The number of nitrogens with two attached hydrogens (primary N) is 1. The molecule has 3 N–H and O–H groups in total. The Morgan fingerprint density at radius 3 is 2.55 bits per heavy atom. The van der Waals surface area contributed by atoms with Crippen molar-refractivity contribution >= 4 is 17.6 Å². The molecule has 3 amide bonds. The van der Waals surface area contributed by atoms with Crippen LogP contribution in [0.25, 0.3) is 0 Å². The average molecular weight is 277 g/mol. The normalized spacial score (nSPS) is 22.4. The van der Waals surface area contributed by atoms with Gasteiger partial charge in [0.25, 0.3) is 0 Å². The maximum absolute atomic E-state index is 12.2. The number of carbonyl (C=O) groups excluding carboxylic acids is 2. The molecule has 0 unspecified atom stereocenters. The first kappa shape index (κ1) is 14.3. The van der Waals surface area contributed by atoms with Crippen molar-refractivity contribution in [3.8, 4) is 0 Å². The molecule has 1 aromatic carbocycles. The lowest BCUT2D eigenvalue weighted by atomic mass is 10.2. The van der Waals surface area contributed by atoms with E-state index in [0.29, 0.717) is 24.3 Å². The summed E-state index contributed by atoms with van der Waals surface area (Å²) >= 11 is 0. The summed E-state index contributed by atoms with van der Waals surface area (Å²) in [6.07, 6.45) is 0.0305. The molecule has 6 nitrogen and oxygen atoms in total. The van der Waals surface area contributed by atoms with Crippen molar-refractivity contribution in [2.45, 2.75) is 26.1 Å². The van der Waals surface area contributed by atoms with Gasteiger partial charge in [0, 0.05) is 24.3 Å². The van der Waals surface area contributed by atoms with Crippen molar-refractivity contribution in [2.75, 3.05) is 18.4 Å². The predicted molar refractivity (Wildman–Crippen MR) is 75.6 cm³/mol. The molecule has 20 heavy (non-hydrogen) atoms. The molecule has 0 aliphatic carbocycles. The second-order valence-corrected chi connectivity index (χ2v) is 5.04. The van der Waals surface area contributed by atoms with Crippen LogP contribution < -0.4 is 11.1 Å². The van der Waals surface area contributed by atoms with E-state index in [1.807, 2.05) is 13.8 Å². The molecule has 0 saturated carbocycles. The summed E-state index contributed by atoms with van der Waals surface area (Å²) in [5, 5.41) is 2.77. The van der Waals surface area contributed by atoms with Gasteiger partial charge in [0.2, 0.25) is 5.91 Å². The molecule has 1 aromatic rings. The third-order valence-corrected chi connectivity index (χ3v) is 3.11. The van der Waals surface area contributed by atoms with Gasteiger partial charge in [-0.3, -0.25) is 4.79 Å². The van der Waals surface area contributed by atoms with Gasteiger partial charge in [0.15, 0.2) is 0 Å². The molecule has 1 aliphatic rings. The lowest BCUT2D eigenvalue weighted by Gasteiger charge is -2.35. The molecule has 0 spiro atoms. The number of rotatable bonds is 2. The Labute approximate surface area is 117 Å². The topological polar surface area (TPSA) is 84.7 Å². The molecule has 1 aliphatic heterocycles. The van der Waals surface area contributed by atoms with E-state index in [-0.39, 0.29) is 18.2 Å². The highest BCUT2D eigenvalue weighted by Crippen LogP contribution is 2.14. The number of amides is 3. The first-order chi connectivity index (χ1) is 9.45. The van der Waals surface area contributed by atoms with Crippen LogP contribution in [0.3, 0.4) is 0 Å². The van der Waals surface area contributed by atoms with E-state index >= 15 is 0 Å². The first-order valence-electron chi connectivity index (χ1n) is 6.57. The smallest absolute Gasteiger partial charge is 0.322 e. The van der Waals surface area contributed by atoms with Crippen LogP contribution in [0.5, 0.6) is 0 Å². The van der Waals surface area contributed by atoms with Gasteiger partial charge in [-0.1, -0.05) is 6.07 Å². The minimum absolute atomic E-state index is 0.0152. The zero-order valence-electron chi connectivity index (χ0n) is 11.6. The number of hydrogen-bond acceptors (Lipinski definition) is 3. The Hall–Kier alpha value is -2.08. The lowest BCUT2D eigenvalue weighted by molar-refractivity contribution is -0.0530. The minimum atomic E-state index is -0.519. The zero-order chi connectivity index (χ0) is 14.7. The average Bonchev–Trinajstić information content (AvgIpc) is 2.37. The zero-order valence-corrected chi connectivity index (χ0v) is 11.6. The van der Waals surface area contributed by atoms with Crippen molar-refractivity contribution in [1.82, 2.24) is 4.90 Å². The molecule has 6 heteroatoms. The van der Waals surface area contributed by atoms with Crippen molar-refractivity contribution in [3.63, 3.8) is 0 Å². The van der Waals surface area contributed by atoms with Gasteiger partial charge in [-0.2, -0.15) is 0 Å². The Balaban J connectivity index is 2.04. The van der Waals surface area contributed by atoms with Crippen LogP contribution in [-0.4, -0.2) is 42.1 Å². The number of primary amides is 1. The Kier molecular flexibility index (Phi) is 4.24. The summed E-state index contributed by atoms with van der Waals surface area (Å²) in [6, 6.07) is 6.37. The summed E-state index contributed by atoms with van der Waals surface area (Å²) in [6.45, 7) is 4.96. The first-order valence-corrected chi connectivity index (χ1v) is 6.57. The fourth-order valence-corrected chi connectivity index (χ4v) is 2.30. The van der Waals surface area contributed by atoms with Gasteiger partial charge >= 0.3 is 6.03 Å². The monoisotopic (exact) mass is 277 g/mol. The molecule has 1 fully saturated rings. The fraction of sp³-hybridized carbons (Fsp3) is 0.429. The molecule has 108 valence electrons. The van der Waals surface area contributed by atoms with E-state index in [1.54, 1.807) is 29.2 Å². The summed E-state index contributed by atoms with van der Waals surface area (Å²) in [5.41, 5.74) is 6.13. The highest BCUT2D eigenvalue weighted by atomic mass is 16.5. The maximum atomic E-state index is 12.2. The van der Waals surface area contributed by atoms with Crippen LogP contribution in [0.2, 0.25) is 0 Å². The van der Waals surface area contributed by atoms with Gasteiger partial charge in [0.05, 0.1) is 12.2 Å².